The van der Waals surface area contributed by atoms with Crippen molar-refractivity contribution >= 4 is 17.0 Å². The van der Waals surface area contributed by atoms with E-state index in [2.05, 4.69) is 4.98 Å². The minimum absolute atomic E-state index is 0.0818. The Morgan fingerprint density at radius 2 is 1.75 bits per heavy atom. The summed E-state index contributed by atoms with van der Waals surface area (Å²) in [5.41, 5.74) is 0.198. The minimum Gasteiger partial charge on any atom is -0.493 e. The molecule has 0 saturated carbocycles. The summed E-state index contributed by atoms with van der Waals surface area (Å²) in [5, 5.41) is 17.8. The van der Waals surface area contributed by atoms with Gasteiger partial charge in [-0.3, -0.25) is 0 Å². The molecule has 1 aromatic heterocycles. The van der Waals surface area contributed by atoms with Gasteiger partial charge in [-0.1, -0.05) is 6.07 Å². The zero-order chi connectivity index (χ0) is 17.3. The Bertz CT molecular complexity index is 945. The summed E-state index contributed by atoms with van der Waals surface area (Å²) < 4.78 is 45.5. The summed E-state index contributed by atoms with van der Waals surface area (Å²) in [5.74, 6) is -2.63. The van der Waals surface area contributed by atoms with Crippen molar-refractivity contribution in [2.45, 2.75) is 6.61 Å². The molecule has 3 aromatic rings. The van der Waals surface area contributed by atoms with Crippen LogP contribution in [-0.2, 0) is 6.61 Å². The topological polar surface area (TPSA) is 66.2 Å². The predicted molar refractivity (Wildman–Crippen MR) is 81.9 cm³/mol. The van der Waals surface area contributed by atoms with Crippen molar-refractivity contribution in [1.29, 1.82) is 5.41 Å². The molecular weight excluding hydrogens is 321 g/mol. The highest BCUT2D eigenvalue weighted by molar-refractivity contribution is 6.02. The van der Waals surface area contributed by atoms with Gasteiger partial charge >= 0.3 is 0 Å². The third kappa shape index (κ3) is 2.88. The highest BCUT2D eigenvalue weighted by atomic mass is 19.1. The summed E-state index contributed by atoms with van der Waals surface area (Å²) in [6, 6.07) is 6.74. The van der Waals surface area contributed by atoms with Crippen LogP contribution in [0.5, 0.6) is 11.8 Å². The molecule has 0 fully saturated rings. The molecule has 122 valence electrons. The molecule has 0 aliphatic carbocycles. The molecule has 0 radical (unpaired) electrons. The number of aromatic nitrogens is 1. The van der Waals surface area contributed by atoms with E-state index < -0.39 is 23.3 Å². The Morgan fingerprint density at radius 3 is 2.46 bits per heavy atom. The molecule has 0 spiro atoms. The van der Waals surface area contributed by atoms with Crippen LogP contribution in [0.3, 0.4) is 0 Å². The lowest BCUT2D eigenvalue weighted by molar-refractivity contribution is 0.287. The van der Waals surface area contributed by atoms with Gasteiger partial charge in [-0.2, -0.15) is 4.98 Å². The molecule has 2 N–H and O–H groups in total. The van der Waals surface area contributed by atoms with Crippen LogP contribution in [0.25, 0.3) is 10.8 Å². The molecule has 0 saturated heterocycles. The third-order valence-electron chi connectivity index (χ3n) is 3.47. The van der Waals surface area contributed by atoms with E-state index in [0.29, 0.717) is 5.39 Å². The van der Waals surface area contributed by atoms with Gasteiger partial charge in [0.1, 0.15) is 24.1 Å². The fourth-order valence-electron chi connectivity index (χ4n) is 2.30. The van der Waals surface area contributed by atoms with Crippen LogP contribution in [0.1, 0.15) is 11.1 Å². The normalized spacial score (nSPS) is 10.8. The number of rotatable bonds is 4. The van der Waals surface area contributed by atoms with Crippen molar-refractivity contribution in [3.05, 3.63) is 65.0 Å². The lowest BCUT2D eigenvalue weighted by Gasteiger charge is -2.12. The Balaban J connectivity index is 2.03. The van der Waals surface area contributed by atoms with Crippen molar-refractivity contribution in [2.75, 3.05) is 0 Å². The smallest absolute Gasteiger partial charge is 0.225 e. The number of nitrogens with zero attached hydrogens (tertiary/aromatic N) is 1. The average Bonchev–Trinajstić information content (AvgIpc) is 2.54. The van der Waals surface area contributed by atoms with E-state index in [9.17, 15) is 18.3 Å². The molecule has 7 heteroatoms. The van der Waals surface area contributed by atoms with Crippen LogP contribution in [0.4, 0.5) is 13.2 Å². The number of hydrogen-bond acceptors (Lipinski definition) is 4. The molecule has 24 heavy (non-hydrogen) atoms. The molecule has 0 unspecified atom stereocenters. The van der Waals surface area contributed by atoms with Crippen molar-refractivity contribution in [3.8, 4) is 11.8 Å². The van der Waals surface area contributed by atoms with Gasteiger partial charge in [0, 0.05) is 28.6 Å². The number of pyridine rings is 1. The van der Waals surface area contributed by atoms with Gasteiger partial charge in [-0.25, -0.2) is 13.2 Å². The zero-order valence-corrected chi connectivity index (χ0v) is 12.2. The van der Waals surface area contributed by atoms with Gasteiger partial charge < -0.3 is 15.3 Å². The van der Waals surface area contributed by atoms with Gasteiger partial charge in [0.2, 0.25) is 11.8 Å². The first-order valence-electron chi connectivity index (χ1n) is 6.89. The van der Waals surface area contributed by atoms with E-state index in [1.54, 1.807) is 0 Å². The van der Waals surface area contributed by atoms with E-state index in [-0.39, 0.29) is 29.0 Å². The molecular formula is C17H11F3N2O2. The van der Waals surface area contributed by atoms with Crippen molar-refractivity contribution in [2.24, 2.45) is 0 Å². The Morgan fingerprint density at radius 1 is 1.04 bits per heavy atom. The first kappa shape index (κ1) is 15.8. The first-order valence-corrected chi connectivity index (χ1v) is 6.89. The van der Waals surface area contributed by atoms with E-state index in [1.807, 2.05) is 0 Å². The van der Waals surface area contributed by atoms with Gasteiger partial charge in [-0.05, 0) is 24.3 Å². The maximum Gasteiger partial charge on any atom is 0.225 e. The zero-order valence-electron chi connectivity index (χ0n) is 12.2. The molecule has 1 heterocycles. The summed E-state index contributed by atoms with van der Waals surface area (Å²) >= 11 is 0. The second-order valence-corrected chi connectivity index (χ2v) is 5.01. The fourth-order valence-corrected chi connectivity index (χ4v) is 2.30. The van der Waals surface area contributed by atoms with Crippen LogP contribution in [-0.4, -0.2) is 16.3 Å². The van der Waals surface area contributed by atoms with Gasteiger partial charge in [0.25, 0.3) is 0 Å². The Kier molecular flexibility index (Phi) is 4.07. The quantitative estimate of drug-likeness (QED) is 0.711. The number of benzene rings is 2. The number of ether oxygens (including phenoxy) is 1. The Hall–Kier alpha value is -3.09. The fraction of sp³-hybridized carbons (Fsp3) is 0.0588. The van der Waals surface area contributed by atoms with E-state index in [1.165, 1.54) is 18.2 Å². The third-order valence-corrected chi connectivity index (χ3v) is 3.47. The number of hydrogen-bond donors (Lipinski definition) is 2. The second-order valence-electron chi connectivity index (χ2n) is 5.01. The SMILES string of the molecule is N=Cc1c(O)nc(OCc2ccc(F)cc2F)c2cc(F)ccc12. The second kappa shape index (κ2) is 6.19. The molecule has 3 rings (SSSR count). The number of fused-ring (bicyclic) bond motifs is 1. The first-order chi connectivity index (χ1) is 11.5. The van der Waals surface area contributed by atoms with Gasteiger partial charge in [0.15, 0.2) is 0 Å². The van der Waals surface area contributed by atoms with E-state index in [4.69, 9.17) is 10.1 Å². The maximum atomic E-state index is 13.6. The predicted octanol–water partition coefficient (Wildman–Crippen LogP) is 3.93. The number of halogens is 3. The lowest BCUT2D eigenvalue weighted by Crippen LogP contribution is -2.02. The maximum absolute atomic E-state index is 13.6. The summed E-state index contributed by atoms with van der Waals surface area (Å²) in [6.45, 7) is -0.284. The number of aromatic hydroxyl groups is 1. The highest BCUT2D eigenvalue weighted by Crippen LogP contribution is 2.32. The standard InChI is InChI=1S/C17H11F3N2O2/c18-10-3-4-12-13(5-10)17(22-16(23)14(12)7-21)24-8-9-1-2-11(19)6-15(9)20/h1-7,21H,8H2,(H,22,23). The van der Waals surface area contributed by atoms with Crippen molar-refractivity contribution < 1.29 is 23.0 Å². The van der Waals surface area contributed by atoms with E-state index >= 15 is 0 Å². The lowest BCUT2D eigenvalue weighted by atomic mass is 10.1. The molecule has 0 aliphatic heterocycles. The van der Waals surface area contributed by atoms with Crippen LogP contribution < -0.4 is 4.74 Å². The van der Waals surface area contributed by atoms with Gasteiger partial charge in [0.05, 0.1) is 5.56 Å². The molecule has 2 aromatic carbocycles. The Labute approximate surface area is 134 Å². The summed E-state index contributed by atoms with van der Waals surface area (Å²) in [7, 11) is 0. The number of nitrogens with one attached hydrogen (secondary N) is 1. The monoisotopic (exact) mass is 332 g/mol. The van der Waals surface area contributed by atoms with Crippen molar-refractivity contribution in [3.63, 3.8) is 0 Å². The molecule has 0 amide bonds. The molecule has 0 bridgehead atoms. The molecule has 0 aliphatic rings. The van der Waals surface area contributed by atoms with Crippen LogP contribution in [0, 0.1) is 22.9 Å². The molecule has 0 atom stereocenters. The van der Waals surface area contributed by atoms with Crippen LogP contribution in [0.15, 0.2) is 36.4 Å². The van der Waals surface area contributed by atoms with Gasteiger partial charge in [-0.15, -0.1) is 0 Å². The minimum atomic E-state index is -0.786. The van der Waals surface area contributed by atoms with E-state index in [0.717, 1.165) is 24.4 Å². The summed E-state index contributed by atoms with van der Waals surface area (Å²) in [6.07, 6.45) is 0.895. The molecule has 4 nitrogen and oxygen atoms in total. The van der Waals surface area contributed by atoms with Crippen LogP contribution in [0.2, 0.25) is 0 Å². The highest BCUT2D eigenvalue weighted by Gasteiger charge is 2.15. The van der Waals surface area contributed by atoms with Crippen LogP contribution >= 0.6 is 0 Å². The summed E-state index contributed by atoms with van der Waals surface area (Å²) in [4.78, 5) is 3.79. The average molecular weight is 332 g/mol. The largest absolute Gasteiger partial charge is 0.493 e. The van der Waals surface area contributed by atoms with Crippen molar-refractivity contribution in [1.82, 2.24) is 4.98 Å².